The minimum Gasteiger partial charge on any atom is -0.496 e. The molecule has 2 heterocycles. The van der Waals surface area contributed by atoms with Crippen LogP contribution in [-0.2, 0) is 6.42 Å². The van der Waals surface area contributed by atoms with Gasteiger partial charge in [-0.15, -0.1) is 0 Å². The standard InChI is InChI=1S/C22H23ClN2O4/c1-27-17-4-3-5-18(28-2)21(17)22(26)25-11-10-14(13-25)6-9-20-24-16-8-7-15(23)12-19(16)29-20/h3-5,7-8,12,14H,6,9-11,13H2,1-2H3. The van der Waals surface area contributed by atoms with Gasteiger partial charge in [-0.25, -0.2) is 4.98 Å². The number of hydrogen-bond donors (Lipinski definition) is 0. The number of rotatable bonds is 6. The smallest absolute Gasteiger partial charge is 0.261 e. The second-order valence-corrected chi connectivity index (χ2v) is 7.64. The maximum Gasteiger partial charge on any atom is 0.261 e. The number of oxazole rings is 1. The SMILES string of the molecule is COc1cccc(OC)c1C(=O)N1CCC(CCc2nc3ccc(Cl)cc3o2)C1. The summed E-state index contributed by atoms with van der Waals surface area (Å²) < 4.78 is 16.6. The van der Waals surface area contributed by atoms with Gasteiger partial charge in [0.1, 0.15) is 22.6 Å². The lowest BCUT2D eigenvalue weighted by atomic mass is 10.0. The predicted molar refractivity (Wildman–Crippen MR) is 111 cm³/mol. The maximum atomic E-state index is 13.1. The fourth-order valence-electron chi connectivity index (χ4n) is 3.85. The first-order chi connectivity index (χ1) is 14.1. The topological polar surface area (TPSA) is 64.8 Å². The van der Waals surface area contributed by atoms with E-state index in [1.54, 1.807) is 32.4 Å². The van der Waals surface area contributed by atoms with Crippen LogP contribution in [0.2, 0.25) is 5.02 Å². The summed E-state index contributed by atoms with van der Waals surface area (Å²) in [6, 6.07) is 10.8. The van der Waals surface area contributed by atoms with E-state index in [2.05, 4.69) is 4.98 Å². The molecule has 0 spiro atoms. The monoisotopic (exact) mass is 414 g/mol. The first kappa shape index (κ1) is 19.6. The molecule has 152 valence electrons. The quantitative estimate of drug-likeness (QED) is 0.590. The predicted octanol–water partition coefficient (Wildman–Crippen LogP) is 4.59. The molecule has 2 aromatic carbocycles. The average Bonchev–Trinajstić information content (AvgIpc) is 3.37. The van der Waals surface area contributed by atoms with E-state index in [-0.39, 0.29) is 5.91 Å². The summed E-state index contributed by atoms with van der Waals surface area (Å²) in [4.78, 5) is 19.5. The van der Waals surface area contributed by atoms with Gasteiger partial charge in [-0.1, -0.05) is 17.7 Å². The number of carbonyl (C=O) groups is 1. The van der Waals surface area contributed by atoms with Gasteiger partial charge in [-0.05, 0) is 43.0 Å². The Morgan fingerprint density at radius 1 is 1.24 bits per heavy atom. The van der Waals surface area contributed by atoms with Gasteiger partial charge in [0.2, 0.25) is 0 Å². The molecule has 4 rings (SSSR count). The van der Waals surface area contributed by atoms with E-state index in [9.17, 15) is 4.79 Å². The molecule has 1 saturated heterocycles. The van der Waals surface area contributed by atoms with E-state index in [1.807, 2.05) is 23.1 Å². The summed E-state index contributed by atoms with van der Waals surface area (Å²) in [6.07, 6.45) is 2.60. The number of carbonyl (C=O) groups excluding carboxylic acids is 1. The third-order valence-electron chi connectivity index (χ3n) is 5.38. The molecule has 0 aliphatic carbocycles. The van der Waals surface area contributed by atoms with E-state index in [0.717, 1.165) is 24.8 Å². The zero-order valence-electron chi connectivity index (χ0n) is 16.5. The van der Waals surface area contributed by atoms with Gasteiger partial charge >= 0.3 is 0 Å². The van der Waals surface area contributed by atoms with Gasteiger partial charge in [0, 0.05) is 30.6 Å². The van der Waals surface area contributed by atoms with Crippen molar-refractivity contribution in [2.45, 2.75) is 19.3 Å². The number of aryl methyl sites for hydroxylation is 1. The van der Waals surface area contributed by atoms with Crippen LogP contribution in [0.15, 0.2) is 40.8 Å². The van der Waals surface area contributed by atoms with Crippen molar-refractivity contribution in [3.8, 4) is 11.5 Å². The Hall–Kier alpha value is -2.73. The highest BCUT2D eigenvalue weighted by Gasteiger charge is 2.30. The molecule has 6 nitrogen and oxygen atoms in total. The molecule has 0 N–H and O–H groups in total. The van der Waals surface area contributed by atoms with Crippen LogP contribution in [-0.4, -0.2) is 43.1 Å². The van der Waals surface area contributed by atoms with Crippen molar-refractivity contribution in [1.29, 1.82) is 0 Å². The molecule has 0 bridgehead atoms. The normalized spacial score (nSPS) is 16.4. The molecular formula is C22H23ClN2O4. The number of hydrogen-bond acceptors (Lipinski definition) is 5. The Morgan fingerprint density at radius 2 is 2.00 bits per heavy atom. The van der Waals surface area contributed by atoms with Crippen LogP contribution in [0.4, 0.5) is 0 Å². The number of halogens is 1. The number of aromatic nitrogens is 1. The van der Waals surface area contributed by atoms with Crippen molar-refractivity contribution in [2.24, 2.45) is 5.92 Å². The van der Waals surface area contributed by atoms with E-state index < -0.39 is 0 Å². The van der Waals surface area contributed by atoms with Crippen molar-refractivity contribution >= 4 is 28.6 Å². The lowest BCUT2D eigenvalue weighted by molar-refractivity contribution is 0.0779. The van der Waals surface area contributed by atoms with Crippen LogP contribution in [0.1, 0.15) is 29.1 Å². The Kier molecular flexibility index (Phi) is 5.62. The fourth-order valence-corrected chi connectivity index (χ4v) is 4.02. The van der Waals surface area contributed by atoms with Crippen LogP contribution in [0.3, 0.4) is 0 Å². The summed E-state index contributed by atoms with van der Waals surface area (Å²) in [7, 11) is 3.12. The van der Waals surface area contributed by atoms with Gasteiger partial charge in [0.25, 0.3) is 5.91 Å². The highest BCUT2D eigenvalue weighted by atomic mass is 35.5. The van der Waals surface area contributed by atoms with Gasteiger partial charge in [0.15, 0.2) is 11.5 Å². The lowest BCUT2D eigenvalue weighted by Gasteiger charge is -2.20. The van der Waals surface area contributed by atoms with Crippen molar-refractivity contribution in [3.63, 3.8) is 0 Å². The third-order valence-corrected chi connectivity index (χ3v) is 5.61. The molecule has 0 radical (unpaired) electrons. The van der Waals surface area contributed by atoms with Crippen molar-refractivity contribution in [2.75, 3.05) is 27.3 Å². The minimum atomic E-state index is -0.0571. The first-order valence-corrected chi connectivity index (χ1v) is 10.0. The van der Waals surface area contributed by atoms with E-state index >= 15 is 0 Å². The van der Waals surface area contributed by atoms with E-state index in [4.69, 9.17) is 25.5 Å². The molecule has 3 aromatic rings. The maximum absolute atomic E-state index is 13.1. The number of ether oxygens (including phenoxy) is 2. The molecule has 1 aromatic heterocycles. The minimum absolute atomic E-state index is 0.0571. The Morgan fingerprint density at radius 3 is 2.72 bits per heavy atom. The second-order valence-electron chi connectivity index (χ2n) is 7.20. The highest BCUT2D eigenvalue weighted by Crippen LogP contribution is 2.32. The molecule has 7 heteroatoms. The van der Waals surface area contributed by atoms with Crippen LogP contribution >= 0.6 is 11.6 Å². The molecule has 1 amide bonds. The summed E-state index contributed by atoms with van der Waals surface area (Å²) in [6.45, 7) is 1.42. The number of fused-ring (bicyclic) bond motifs is 1. The third kappa shape index (κ3) is 4.03. The van der Waals surface area contributed by atoms with E-state index in [0.29, 0.717) is 52.6 Å². The van der Waals surface area contributed by atoms with Crippen LogP contribution < -0.4 is 9.47 Å². The van der Waals surface area contributed by atoms with E-state index in [1.165, 1.54) is 0 Å². The Bertz CT molecular complexity index is 1010. The van der Waals surface area contributed by atoms with Gasteiger partial charge in [-0.3, -0.25) is 4.79 Å². The molecule has 0 saturated carbocycles. The summed E-state index contributed by atoms with van der Waals surface area (Å²) in [5.41, 5.74) is 2.00. The number of nitrogens with zero attached hydrogens (tertiary/aromatic N) is 2. The van der Waals surface area contributed by atoms with Gasteiger partial charge in [-0.2, -0.15) is 0 Å². The van der Waals surface area contributed by atoms with Crippen LogP contribution in [0.25, 0.3) is 11.1 Å². The molecule has 1 aliphatic rings. The number of benzene rings is 2. The molecule has 1 aliphatic heterocycles. The summed E-state index contributed by atoms with van der Waals surface area (Å²) in [5, 5.41) is 0.636. The second kappa shape index (κ2) is 8.33. The zero-order valence-corrected chi connectivity index (χ0v) is 17.2. The molecule has 1 atom stereocenters. The van der Waals surface area contributed by atoms with Gasteiger partial charge in [0.05, 0.1) is 14.2 Å². The summed E-state index contributed by atoms with van der Waals surface area (Å²) >= 11 is 6.00. The van der Waals surface area contributed by atoms with Crippen LogP contribution in [0.5, 0.6) is 11.5 Å². The average molecular weight is 415 g/mol. The Labute approximate surface area is 174 Å². The number of likely N-dealkylation sites (tertiary alicyclic amines) is 1. The van der Waals surface area contributed by atoms with Crippen LogP contribution in [0, 0.1) is 5.92 Å². The first-order valence-electron chi connectivity index (χ1n) is 9.64. The van der Waals surface area contributed by atoms with Crippen molar-refractivity contribution in [3.05, 3.63) is 52.9 Å². The fraction of sp³-hybridized carbons (Fsp3) is 0.364. The largest absolute Gasteiger partial charge is 0.496 e. The lowest BCUT2D eigenvalue weighted by Crippen LogP contribution is -2.29. The number of amides is 1. The molecule has 1 unspecified atom stereocenters. The van der Waals surface area contributed by atoms with Crippen molar-refractivity contribution < 1.29 is 18.7 Å². The Balaban J connectivity index is 1.40. The summed E-state index contributed by atoms with van der Waals surface area (Å²) in [5.74, 6) is 2.11. The van der Waals surface area contributed by atoms with Crippen molar-refractivity contribution in [1.82, 2.24) is 9.88 Å². The highest BCUT2D eigenvalue weighted by molar-refractivity contribution is 6.31. The molecule has 1 fully saturated rings. The number of methoxy groups -OCH3 is 2. The zero-order chi connectivity index (χ0) is 20.4. The molecule has 29 heavy (non-hydrogen) atoms. The van der Waals surface area contributed by atoms with Gasteiger partial charge < -0.3 is 18.8 Å². The molecular weight excluding hydrogens is 392 g/mol.